The number of nitrogens with zero attached hydrogens (tertiary/aromatic N) is 1. The highest BCUT2D eigenvalue weighted by Crippen LogP contribution is 2.29. The van der Waals surface area contributed by atoms with Crippen molar-refractivity contribution in [1.29, 1.82) is 0 Å². The third-order valence-corrected chi connectivity index (χ3v) is 5.09. The largest absolute Gasteiger partial charge is 0.506 e. The summed E-state index contributed by atoms with van der Waals surface area (Å²) >= 11 is 0. The van der Waals surface area contributed by atoms with Crippen LogP contribution in [0.4, 0.5) is 0 Å². The van der Waals surface area contributed by atoms with E-state index in [1.165, 1.54) is 6.07 Å². The van der Waals surface area contributed by atoms with E-state index in [9.17, 15) is 14.7 Å². The molecule has 6 nitrogen and oxygen atoms in total. The lowest BCUT2D eigenvalue weighted by molar-refractivity contribution is 0.0472. The highest BCUT2D eigenvalue weighted by molar-refractivity contribution is 6.03. The molecule has 3 rings (SSSR count). The number of benzene rings is 2. The van der Waals surface area contributed by atoms with Gasteiger partial charge < -0.3 is 19.1 Å². The number of carbonyl (C=O) groups excluding carboxylic acids is 2. The molecule has 0 saturated heterocycles. The van der Waals surface area contributed by atoms with Crippen molar-refractivity contribution >= 4 is 22.5 Å². The van der Waals surface area contributed by atoms with E-state index in [4.69, 9.17) is 9.47 Å². The molecule has 1 aromatic heterocycles. The number of aryl methyl sites for hydroxylation is 1. The Morgan fingerprint density at radius 3 is 2.55 bits per heavy atom. The van der Waals surface area contributed by atoms with Gasteiger partial charge in [-0.2, -0.15) is 0 Å². The van der Waals surface area contributed by atoms with Gasteiger partial charge in [-0.1, -0.05) is 30.3 Å². The van der Waals surface area contributed by atoms with E-state index in [0.717, 1.165) is 16.8 Å². The maximum absolute atomic E-state index is 12.7. The van der Waals surface area contributed by atoms with Crippen molar-refractivity contribution in [3.8, 4) is 5.75 Å². The summed E-state index contributed by atoms with van der Waals surface area (Å²) in [7, 11) is 1.64. The fourth-order valence-corrected chi connectivity index (χ4v) is 3.76. The third kappa shape index (κ3) is 4.03. The van der Waals surface area contributed by atoms with Crippen molar-refractivity contribution in [2.75, 3.05) is 20.3 Å². The van der Waals surface area contributed by atoms with Gasteiger partial charge in [0.05, 0.1) is 12.6 Å². The van der Waals surface area contributed by atoms with Gasteiger partial charge >= 0.3 is 5.97 Å². The predicted molar refractivity (Wildman–Crippen MR) is 111 cm³/mol. The molecule has 1 heterocycles. The van der Waals surface area contributed by atoms with E-state index in [2.05, 4.69) is 0 Å². The van der Waals surface area contributed by atoms with E-state index < -0.39 is 12.6 Å². The van der Waals surface area contributed by atoms with Gasteiger partial charge in [0.2, 0.25) is 5.78 Å². The second kappa shape index (κ2) is 8.49. The van der Waals surface area contributed by atoms with Crippen LogP contribution in [-0.4, -0.2) is 41.7 Å². The zero-order valence-corrected chi connectivity index (χ0v) is 17.1. The maximum Gasteiger partial charge on any atom is 0.342 e. The number of hydrogen-bond donors (Lipinski definition) is 1. The molecular weight excluding hydrogens is 370 g/mol. The van der Waals surface area contributed by atoms with E-state index >= 15 is 0 Å². The molecule has 1 atom stereocenters. The van der Waals surface area contributed by atoms with Crippen LogP contribution in [0.1, 0.15) is 45.1 Å². The van der Waals surface area contributed by atoms with Crippen LogP contribution < -0.4 is 0 Å². The lowest BCUT2D eigenvalue weighted by Crippen LogP contribution is -2.17. The topological polar surface area (TPSA) is 77.8 Å². The maximum atomic E-state index is 12.7. The van der Waals surface area contributed by atoms with Crippen molar-refractivity contribution in [3.05, 3.63) is 65.0 Å². The Morgan fingerprint density at radius 2 is 1.83 bits per heavy atom. The first-order chi connectivity index (χ1) is 13.8. The Bertz CT molecular complexity index is 1070. The van der Waals surface area contributed by atoms with Crippen molar-refractivity contribution in [2.45, 2.75) is 26.8 Å². The molecular formula is C23H25NO5. The Balaban J connectivity index is 1.75. The van der Waals surface area contributed by atoms with Crippen LogP contribution >= 0.6 is 0 Å². The van der Waals surface area contributed by atoms with Crippen molar-refractivity contribution in [1.82, 2.24) is 4.57 Å². The fourth-order valence-electron chi connectivity index (χ4n) is 3.76. The van der Waals surface area contributed by atoms with Crippen molar-refractivity contribution < 1.29 is 24.2 Å². The molecule has 2 aromatic carbocycles. The predicted octanol–water partition coefficient (Wildman–Crippen LogP) is 4.21. The number of rotatable bonds is 7. The molecule has 0 fully saturated rings. The van der Waals surface area contributed by atoms with Crippen LogP contribution in [0.15, 0.2) is 42.5 Å². The summed E-state index contributed by atoms with van der Waals surface area (Å²) in [6.07, 6.45) is 0. The van der Waals surface area contributed by atoms with Gasteiger partial charge in [-0.05, 0) is 38.3 Å². The lowest BCUT2D eigenvalue weighted by Gasteiger charge is -2.17. The first-order valence-corrected chi connectivity index (χ1v) is 9.43. The van der Waals surface area contributed by atoms with Gasteiger partial charge in [-0.3, -0.25) is 4.79 Å². The number of ether oxygens (including phenoxy) is 2. The van der Waals surface area contributed by atoms with Gasteiger partial charge in [0.15, 0.2) is 6.61 Å². The smallest absolute Gasteiger partial charge is 0.342 e. The van der Waals surface area contributed by atoms with Crippen molar-refractivity contribution in [2.24, 2.45) is 0 Å². The molecule has 29 heavy (non-hydrogen) atoms. The Morgan fingerprint density at radius 1 is 1.10 bits per heavy atom. The number of phenols is 1. The number of esters is 1. The lowest BCUT2D eigenvalue weighted by atomic mass is 10.1. The second-order valence-corrected chi connectivity index (χ2v) is 7.14. The summed E-state index contributed by atoms with van der Waals surface area (Å²) in [6, 6.07) is 12.3. The number of ketones is 1. The van der Waals surface area contributed by atoms with Crippen LogP contribution in [0.2, 0.25) is 0 Å². The van der Waals surface area contributed by atoms with E-state index in [-0.39, 0.29) is 23.1 Å². The van der Waals surface area contributed by atoms with E-state index in [0.29, 0.717) is 17.6 Å². The number of Topliss-reactive ketones (excluding diaryl/α,β-unsaturated/α-hetero) is 1. The standard InChI is InChI=1S/C23H25NO5/c1-14-11-20(16(3)24(14)15(2)12-28-4)21(25)13-29-23(27)19-10-9-17-7-5-6-8-18(17)22(19)26/h5-11,15,26H,12-13H2,1-4H3/t15-/m1/s1. The SMILES string of the molecule is COC[C@@H](C)n1c(C)cc(C(=O)COC(=O)c2ccc3ccccc3c2O)c1C. The fraction of sp³-hybridized carbons (Fsp3) is 0.304. The Labute approximate surface area is 169 Å². The van der Waals surface area contributed by atoms with Gasteiger partial charge in [0.1, 0.15) is 11.3 Å². The molecule has 0 amide bonds. The van der Waals surface area contributed by atoms with Crippen LogP contribution in [0, 0.1) is 13.8 Å². The number of methoxy groups -OCH3 is 1. The third-order valence-electron chi connectivity index (χ3n) is 5.09. The number of fused-ring (bicyclic) bond motifs is 1. The quantitative estimate of drug-likeness (QED) is 0.479. The van der Waals surface area contributed by atoms with Crippen LogP contribution in [0.3, 0.4) is 0 Å². The molecule has 0 radical (unpaired) electrons. The summed E-state index contributed by atoms with van der Waals surface area (Å²) in [5.74, 6) is -1.17. The molecule has 3 aromatic rings. The molecule has 6 heteroatoms. The summed E-state index contributed by atoms with van der Waals surface area (Å²) in [4.78, 5) is 25.1. The van der Waals surface area contributed by atoms with E-state index in [1.807, 2.05) is 37.5 Å². The highest BCUT2D eigenvalue weighted by Gasteiger charge is 2.21. The Hall–Kier alpha value is -3.12. The monoisotopic (exact) mass is 395 g/mol. The summed E-state index contributed by atoms with van der Waals surface area (Å²) in [5, 5.41) is 11.8. The molecule has 0 unspecified atom stereocenters. The number of phenolic OH excluding ortho intramolecular Hbond substituents is 1. The zero-order valence-electron chi connectivity index (χ0n) is 17.1. The molecule has 0 bridgehead atoms. The number of aromatic hydroxyl groups is 1. The minimum Gasteiger partial charge on any atom is -0.506 e. The average Bonchev–Trinajstić information content (AvgIpc) is 3.00. The van der Waals surface area contributed by atoms with Crippen LogP contribution in [0.25, 0.3) is 10.8 Å². The highest BCUT2D eigenvalue weighted by atomic mass is 16.5. The molecule has 0 aliphatic rings. The number of carbonyl (C=O) groups is 2. The van der Waals surface area contributed by atoms with Gasteiger partial charge in [0.25, 0.3) is 0 Å². The normalized spacial score (nSPS) is 12.1. The van der Waals surface area contributed by atoms with Crippen LogP contribution in [0.5, 0.6) is 5.75 Å². The summed E-state index contributed by atoms with van der Waals surface area (Å²) in [6.45, 7) is 5.94. The summed E-state index contributed by atoms with van der Waals surface area (Å²) < 4.78 is 12.4. The molecule has 0 aliphatic heterocycles. The molecule has 152 valence electrons. The molecule has 0 aliphatic carbocycles. The summed E-state index contributed by atoms with van der Waals surface area (Å²) in [5.41, 5.74) is 2.30. The minimum absolute atomic E-state index is 0.0377. The molecule has 0 spiro atoms. The molecule has 0 saturated carbocycles. The molecule has 1 N–H and O–H groups in total. The van der Waals surface area contributed by atoms with Gasteiger partial charge in [0, 0.05) is 29.4 Å². The second-order valence-electron chi connectivity index (χ2n) is 7.14. The average molecular weight is 395 g/mol. The van der Waals surface area contributed by atoms with Crippen molar-refractivity contribution in [3.63, 3.8) is 0 Å². The zero-order chi connectivity index (χ0) is 21.1. The van der Waals surface area contributed by atoms with E-state index in [1.54, 1.807) is 31.4 Å². The minimum atomic E-state index is -0.733. The number of aromatic nitrogens is 1. The first-order valence-electron chi connectivity index (χ1n) is 9.43. The number of hydrogen-bond acceptors (Lipinski definition) is 5. The first kappa shape index (κ1) is 20.6. The van der Waals surface area contributed by atoms with Gasteiger partial charge in [-0.25, -0.2) is 4.79 Å². The van der Waals surface area contributed by atoms with Crippen LogP contribution in [-0.2, 0) is 9.47 Å². The Kier molecular flexibility index (Phi) is 6.03. The van der Waals surface area contributed by atoms with Gasteiger partial charge in [-0.15, -0.1) is 0 Å².